The van der Waals surface area contributed by atoms with E-state index in [0.29, 0.717) is 0 Å². The van der Waals surface area contributed by atoms with E-state index in [4.69, 9.17) is 0 Å². The summed E-state index contributed by atoms with van der Waals surface area (Å²) in [5.74, 6) is 0. The van der Waals surface area contributed by atoms with Gasteiger partial charge in [0.1, 0.15) is 0 Å². The molecule has 2 aliphatic heterocycles. The van der Waals surface area contributed by atoms with E-state index in [1.807, 2.05) is 0 Å². The summed E-state index contributed by atoms with van der Waals surface area (Å²) < 4.78 is 0. The molecule has 2 heterocycles. The second kappa shape index (κ2) is 20.6. The minimum atomic E-state index is -0.151. The van der Waals surface area contributed by atoms with Crippen LogP contribution >= 0.6 is 0 Å². The molecule has 0 radical (unpaired) electrons. The van der Waals surface area contributed by atoms with Crippen LogP contribution in [0.2, 0.25) is 0 Å². The molecule has 0 atom stereocenters. The Morgan fingerprint density at radius 3 is 0.989 bits per heavy atom. The smallest absolute Gasteiger partial charge is 0.252 e. The third kappa shape index (κ3) is 9.64. The molecule has 89 heavy (non-hydrogen) atoms. The molecule has 434 valence electrons. The van der Waals surface area contributed by atoms with Crippen molar-refractivity contribution in [1.82, 2.24) is 0 Å². The van der Waals surface area contributed by atoms with E-state index in [1.54, 1.807) is 0 Å². The Hall–Kier alpha value is -9.44. The molecule has 15 rings (SSSR count). The number of nitrogens with zero attached hydrogens (tertiary/aromatic N) is 2. The zero-order valence-corrected chi connectivity index (χ0v) is 53.6. The molecular formula is C86H77BN2. The lowest BCUT2D eigenvalue weighted by molar-refractivity contribution is 0.568. The Morgan fingerprint density at radius 2 is 0.607 bits per heavy atom. The Balaban J connectivity index is 1.17. The molecule has 0 aromatic heterocycles. The maximum Gasteiger partial charge on any atom is 0.252 e. The highest BCUT2D eigenvalue weighted by Gasteiger charge is 2.45. The first kappa shape index (κ1) is 56.1. The predicted octanol–water partition coefficient (Wildman–Crippen LogP) is 22.2. The number of benzene rings is 13. The molecule has 0 spiro atoms. The molecule has 0 fully saturated rings. The van der Waals surface area contributed by atoms with Gasteiger partial charge in [0.25, 0.3) is 6.71 Å². The lowest BCUT2D eigenvalue weighted by Gasteiger charge is -2.45. The van der Waals surface area contributed by atoms with Crippen LogP contribution in [0, 0.1) is 0 Å². The molecule has 13 aromatic carbocycles. The zero-order chi connectivity index (χ0) is 61.5. The number of rotatable bonds is 6. The van der Waals surface area contributed by atoms with Gasteiger partial charge in [-0.15, -0.1) is 0 Å². The van der Waals surface area contributed by atoms with Gasteiger partial charge in [-0.3, -0.25) is 0 Å². The van der Waals surface area contributed by atoms with E-state index in [0.717, 1.165) is 5.56 Å². The van der Waals surface area contributed by atoms with Gasteiger partial charge in [-0.1, -0.05) is 271 Å². The normalized spacial score (nSPS) is 13.3. The van der Waals surface area contributed by atoms with E-state index >= 15 is 0 Å². The lowest BCUT2D eigenvalue weighted by atomic mass is 9.33. The van der Waals surface area contributed by atoms with E-state index in [2.05, 4.69) is 342 Å². The summed E-state index contributed by atoms with van der Waals surface area (Å²) in [6.45, 7) is 28.3. The van der Waals surface area contributed by atoms with Crippen LogP contribution in [-0.4, -0.2) is 6.71 Å². The van der Waals surface area contributed by atoms with Crippen molar-refractivity contribution in [3.05, 3.63) is 271 Å². The van der Waals surface area contributed by atoms with Crippen molar-refractivity contribution in [2.75, 3.05) is 9.80 Å². The maximum atomic E-state index is 2.70. The van der Waals surface area contributed by atoms with Crippen molar-refractivity contribution in [1.29, 1.82) is 0 Å². The predicted molar refractivity (Wildman–Crippen MR) is 387 cm³/mol. The number of anilines is 6. The van der Waals surface area contributed by atoms with Gasteiger partial charge in [0.2, 0.25) is 0 Å². The summed E-state index contributed by atoms with van der Waals surface area (Å²) in [4.78, 5) is 5.40. The minimum absolute atomic E-state index is 0.141. The second-order valence-corrected chi connectivity index (χ2v) is 29.5. The fourth-order valence-corrected chi connectivity index (χ4v) is 14.4. The number of hydrogen-bond donors (Lipinski definition) is 0. The van der Waals surface area contributed by atoms with Crippen molar-refractivity contribution in [2.45, 2.75) is 105 Å². The summed E-state index contributed by atoms with van der Waals surface area (Å²) in [5.41, 5.74) is 25.1. The van der Waals surface area contributed by atoms with Gasteiger partial charge in [-0.25, -0.2) is 0 Å². The van der Waals surface area contributed by atoms with Crippen molar-refractivity contribution >= 4 is 100 Å². The highest BCUT2D eigenvalue weighted by Crippen LogP contribution is 2.53. The second-order valence-electron chi connectivity index (χ2n) is 29.5. The molecule has 0 bridgehead atoms. The minimum Gasteiger partial charge on any atom is -0.311 e. The molecule has 3 heteroatoms. The van der Waals surface area contributed by atoms with Gasteiger partial charge in [0, 0.05) is 34.1 Å². The Bertz CT molecular complexity index is 4640. The molecular weight excluding hydrogens is 1070 g/mol. The summed E-state index contributed by atoms with van der Waals surface area (Å²) >= 11 is 0. The number of hydrogen-bond acceptors (Lipinski definition) is 2. The van der Waals surface area contributed by atoms with Crippen LogP contribution < -0.4 is 26.2 Å². The largest absolute Gasteiger partial charge is 0.311 e. The highest BCUT2D eigenvalue weighted by atomic mass is 15.2. The van der Waals surface area contributed by atoms with Crippen molar-refractivity contribution in [3.63, 3.8) is 0 Å². The third-order valence-corrected chi connectivity index (χ3v) is 19.3. The first-order valence-corrected chi connectivity index (χ1v) is 32.0. The van der Waals surface area contributed by atoms with Crippen LogP contribution in [-0.2, 0) is 21.7 Å². The van der Waals surface area contributed by atoms with E-state index in [9.17, 15) is 0 Å². The van der Waals surface area contributed by atoms with E-state index in [-0.39, 0.29) is 28.4 Å². The summed E-state index contributed by atoms with van der Waals surface area (Å²) in [6.07, 6.45) is 0. The van der Waals surface area contributed by atoms with Crippen LogP contribution in [0.4, 0.5) is 34.1 Å². The van der Waals surface area contributed by atoms with Crippen LogP contribution in [0.15, 0.2) is 249 Å². The summed E-state index contributed by atoms with van der Waals surface area (Å²) in [6, 6.07) is 95.9. The fourth-order valence-electron chi connectivity index (χ4n) is 14.4. The molecule has 0 unspecified atom stereocenters. The number of fused-ring (bicyclic) bond motifs is 10. The van der Waals surface area contributed by atoms with E-state index < -0.39 is 0 Å². The van der Waals surface area contributed by atoms with Crippen LogP contribution in [0.25, 0.3) is 87.6 Å². The third-order valence-electron chi connectivity index (χ3n) is 19.3. The van der Waals surface area contributed by atoms with Crippen molar-refractivity contribution in [3.8, 4) is 44.5 Å². The fraction of sp³-hybridized carbons (Fsp3) is 0.186. The maximum absolute atomic E-state index is 2.70. The van der Waals surface area contributed by atoms with Crippen LogP contribution in [0.1, 0.15) is 105 Å². The lowest BCUT2D eigenvalue weighted by Crippen LogP contribution is -2.61. The molecule has 0 saturated heterocycles. The molecule has 0 aliphatic carbocycles. The van der Waals surface area contributed by atoms with Crippen molar-refractivity contribution in [2.24, 2.45) is 0 Å². The summed E-state index contributed by atoms with van der Waals surface area (Å²) in [5, 5.41) is 9.97. The quantitative estimate of drug-likeness (QED) is 0.121. The molecule has 2 aliphatic rings. The van der Waals surface area contributed by atoms with Gasteiger partial charge in [0.05, 0.1) is 0 Å². The molecule has 0 saturated carbocycles. The van der Waals surface area contributed by atoms with Crippen LogP contribution in [0.5, 0.6) is 0 Å². The first-order valence-electron chi connectivity index (χ1n) is 32.0. The van der Waals surface area contributed by atoms with E-state index in [1.165, 1.54) is 155 Å². The SMILES string of the molecule is CC(C)(C)c1cc(N2c3cc4c(ccc5ccccc54)cc3B3c4cc5ccc6ccccc6c5cc4N(c4cc(C(C)(C)C)cc(C(C)(C)C)c4)c4cc(-c5c(-c6ccccc6)cc(-c6ccccc6)cc5-c5ccccc5)cc2c43)cc(C(C)(C)C)c1. The molecule has 0 amide bonds. The zero-order valence-electron chi connectivity index (χ0n) is 53.6. The van der Waals surface area contributed by atoms with Crippen molar-refractivity contribution < 1.29 is 0 Å². The van der Waals surface area contributed by atoms with Gasteiger partial charge >= 0.3 is 0 Å². The Morgan fingerprint density at radius 1 is 0.258 bits per heavy atom. The van der Waals surface area contributed by atoms with Crippen LogP contribution in [0.3, 0.4) is 0 Å². The standard InChI is InChI=1S/C86H77BN2/c1-83(2,3)63-46-64(84(4,5)6)49-67(48-63)88-77-52-71-59(38-36-57-32-22-24-34-69(57)71)42-75(77)87-76-43-60-39-37-58-33-23-25-35-70(58)72(60)53-78(76)89(68-50-65(85(7,8)9)47-66(51-68)86(10,11)12)80-45-62(44-79(88)82(80)87)81-73(55-28-18-14-19-29-55)40-61(54-26-16-13-17-27-54)41-74(81)56-30-20-15-21-31-56/h13-53H,1-12H3. The molecule has 0 N–H and O–H groups in total. The average Bonchev–Trinajstić information content (AvgIpc) is 0.690. The Labute approximate surface area is 527 Å². The average molecular weight is 1150 g/mol. The van der Waals surface area contributed by atoms with Gasteiger partial charge in [-0.2, -0.15) is 0 Å². The topological polar surface area (TPSA) is 6.48 Å². The highest BCUT2D eigenvalue weighted by molar-refractivity contribution is 7.00. The monoisotopic (exact) mass is 1150 g/mol. The first-order chi connectivity index (χ1) is 42.6. The van der Waals surface area contributed by atoms with Gasteiger partial charge in [-0.05, 0) is 209 Å². The molecule has 2 nitrogen and oxygen atoms in total. The molecule has 13 aromatic rings. The summed E-state index contributed by atoms with van der Waals surface area (Å²) in [7, 11) is 0. The Kier molecular flexibility index (Phi) is 13.0. The van der Waals surface area contributed by atoms with Gasteiger partial charge < -0.3 is 9.80 Å². The van der Waals surface area contributed by atoms with Gasteiger partial charge in [0.15, 0.2) is 0 Å².